The predicted octanol–water partition coefficient (Wildman–Crippen LogP) is 2.43. The summed E-state index contributed by atoms with van der Waals surface area (Å²) in [5, 5.41) is 0.684. The molecule has 94 valence electrons. The van der Waals surface area contributed by atoms with Crippen molar-refractivity contribution in [2.24, 2.45) is 5.73 Å². The van der Waals surface area contributed by atoms with Gasteiger partial charge in [-0.1, -0.05) is 36.7 Å². The van der Waals surface area contributed by atoms with E-state index in [1.54, 1.807) is 4.90 Å². The minimum atomic E-state index is -0.419. The fourth-order valence-electron chi connectivity index (χ4n) is 1.59. The number of rotatable bonds is 5. The Bertz CT molecular complexity index is 381. The predicted molar refractivity (Wildman–Crippen MR) is 70.8 cm³/mol. The van der Waals surface area contributed by atoms with E-state index >= 15 is 0 Å². The first-order valence-electron chi connectivity index (χ1n) is 5.87. The van der Waals surface area contributed by atoms with E-state index in [1.165, 1.54) is 0 Å². The van der Waals surface area contributed by atoms with Gasteiger partial charge in [0.2, 0.25) is 5.91 Å². The zero-order valence-electron chi connectivity index (χ0n) is 10.3. The number of likely N-dealkylation sites (N-methyl/N-ethyl adjacent to an activating group) is 1. The highest BCUT2D eigenvalue weighted by molar-refractivity contribution is 6.31. The van der Waals surface area contributed by atoms with E-state index in [1.807, 2.05) is 38.1 Å². The van der Waals surface area contributed by atoms with Crippen LogP contribution in [-0.4, -0.2) is 23.4 Å². The Hall–Kier alpha value is -1.06. The second-order valence-corrected chi connectivity index (χ2v) is 4.37. The first-order valence-corrected chi connectivity index (χ1v) is 6.25. The molecule has 0 aliphatic heterocycles. The van der Waals surface area contributed by atoms with Crippen LogP contribution in [0, 0.1) is 0 Å². The van der Waals surface area contributed by atoms with Gasteiger partial charge in [0.25, 0.3) is 0 Å². The van der Waals surface area contributed by atoms with Crippen molar-refractivity contribution in [2.75, 3.05) is 6.54 Å². The van der Waals surface area contributed by atoms with Crippen LogP contribution in [0.4, 0.5) is 0 Å². The van der Waals surface area contributed by atoms with Gasteiger partial charge < -0.3 is 10.6 Å². The average molecular weight is 255 g/mol. The Labute approximate surface area is 108 Å². The quantitative estimate of drug-likeness (QED) is 0.877. The summed E-state index contributed by atoms with van der Waals surface area (Å²) in [4.78, 5) is 13.7. The van der Waals surface area contributed by atoms with Crippen molar-refractivity contribution in [3.05, 3.63) is 34.9 Å². The second-order valence-electron chi connectivity index (χ2n) is 3.96. The van der Waals surface area contributed by atoms with Crippen LogP contribution in [0.2, 0.25) is 5.02 Å². The summed E-state index contributed by atoms with van der Waals surface area (Å²) < 4.78 is 0. The lowest BCUT2D eigenvalue weighted by molar-refractivity contribution is -0.133. The zero-order valence-corrected chi connectivity index (χ0v) is 11.1. The van der Waals surface area contributed by atoms with Crippen LogP contribution in [0.5, 0.6) is 0 Å². The highest BCUT2D eigenvalue weighted by Gasteiger charge is 2.18. The second kappa shape index (κ2) is 6.62. The maximum Gasteiger partial charge on any atom is 0.239 e. The Balaban J connectivity index is 2.77. The molecule has 17 heavy (non-hydrogen) atoms. The van der Waals surface area contributed by atoms with Gasteiger partial charge in [-0.15, -0.1) is 0 Å². The molecule has 0 aliphatic rings. The molecule has 1 rings (SSSR count). The van der Waals surface area contributed by atoms with Crippen molar-refractivity contribution in [3.8, 4) is 0 Å². The molecule has 1 aromatic carbocycles. The monoisotopic (exact) mass is 254 g/mol. The van der Waals surface area contributed by atoms with E-state index in [0.29, 0.717) is 24.5 Å². The fourth-order valence-corrected chi connectivity index (χ4v) is 1.78. The molecule has 0 radical (unpaired) electrons. The molecule has 4 heteroatoms. The van der Waals surface area contributed by atoms with Crippen LogP contribution in [-0.2, 0) is 11.3 Å². The number of carbonyl (C=O) groups excluding carboxylic acids is 1. The van der Waals surface area contributed by atoms with Gasteiger partial charge in [0.05, 0.1) is 6.04 Å². The van der Waals surface area contributed by atoms with E-state index in [2.05, 4.69) is 0 Å². The molecule has 1 atom stereocenters. The Kier molecular flexibility index (Phi) is 5.45. The molecule has 3 nitrogen and oxygen atoms in total. The Morgan fingerprint density at radius 2 is 2.06 bits per heavy atom. The molecule has 0 saturated carbocycles. The molecule has 0 aromatic heterocycles. The van der Waals surface area contributed by atoms with Crippen LogP contribution in [0.15, 0.2) is 24.3 Å². The molecule has 0 heterocycles. The van der Waals surface area contributed by atoms with Crippen LogP contribution < -0.4 is 5.73 Å². The molecule has 1 amide bonds. The first kappa shape index (κ1) is 14.0. The SMILES string of the molecule is CC[C@H](N)C(=O)N(CC)Cc1ccccc1Cl. The minimum Gasteiger partial charge on any atom is -0.337 e. The van der Waals surface area contributed by atoms with Crippen molar-refractivity contribution < 1.29 is 4.79 Å². The number of hydrogen-bond donors (Lipinski definition) is 1. The summed E-state index contributed by atoms with van der Waals surface area (Å²) in [6.45, 7) is 5.00. The molecule has 2 N–H and O–H groups in total. The molecular weight excluding hydrogens is 236 g/mol. The maximum absolute atomic E-state index is 12.0. The van der Waals surface area contributed by atoms with E-state index in [0.717, 1.165) is 5.56 Å². The van der Waals surface area contributed by atoms with Gasteiger partial charge in [-0.25, -0.2) is 0 Å². The van der Waals surface area contributed by atoms with Gasteiger partial charge >= 0.3 is 0 Å². The first-order chi connectivity index (χ1) is 8.10. The summed E-state index contributed by atoms with van der Waals surface area (Å²) in [6.07, 6.45) is 0.651. The van der Waals surface area contributed by atoms with E-state index in [9.17, 15) is 4.79 Å². The summed E-state index contributed by atoms with van der Waals surface area (Å²) in [5.41, 5.74) is 6.71. The molecule has 0 unspecified atom stereocenters. The highest BCUT2D eigenvalue weighted by Crippen LogP contribution is 2.17. The lowest BCUT2D eigenvalue weighted by Gasteiger charge is -2.24. The van der Waals surface area contributed by atoms with Gasteiger partial charge in [0, 0.05) is 18.1 Å². The summed E-state index contributed by atoms with van der Waals surface area (Å²) in [7, 11) is 0. The number of nitrogens with two attached hydrogens (primary N) is 1. The summed E-state index contributed by atoms with van der Waals surface area (Å²) in [6, 6.07) is 7.13. The minimum absolute atomic E-state index is 0.0186. The molecule has 1 aromatic rings. The molecule has 0 spiro atoms. The van der Waals surface area contributed by atoms with Crippen molar-refractivity contribution in [3.63, 3.8) is 0 Å². The maximum atomic E-state index is 12.0. The normalized spacial score (nSPS) is 12.2. The van der Waals surface area contributed by atoms with Crippen molar-refractivity contribution in [1.29, 1.82) is 0 Å². The lowest BCUT2D eigenvalue weighted by Crippen LogP contribution is -2.42. The summed E-state index contributed by atoms with van der Waals surface area (Å²) >= 11 is 6.07. The van der Waals surface area contributed by atoms with E-state index < -0.39 is 6.04 Å². The number of hydrogen-bond acceptors (Lipinski definition) is 2. The van der Waals surface area contributed by atoms with Crippen LogP contribution >= 0.6 is 11.6 Å². The van der Waals surface area contributed by atoms with Gasteiger partial charge in [0.15, 0.2) is 0 Å². The molecule has 0 bridgehead atoms. The zero-order chi connectivity index (χ0) is 12.8. The molecule has 0 fully saturated rings. The number of benzene rings is 1. The number of carbonyl (C=O) groups is 1. The lowest BCUT2D eigenvalue weighted by atomic mass is 10.1. The molecule has 0 saturated heterocycles. The van der Waals surface area contributed by atoms with Gasteiger partial charge in [-0.3, -0.25) is 4.79 Å². The largest absolute Gasteiger partial charge is 0.337 e. The van der Waals surface area contributed by atoms with E-state index in [4.69, 9.17) is 17.3 Å². The third-order valence-corrected chi connectivity index (χ3v) is 3.14. The number of nitrogens with zero attached hydrogens (tertiary/aromatic N) is 1. The van der Waals surface area contributed by atoms with Crippen LogP contribution in [0.1, 0.15) is 25.8 Å². The average Bonchev–Trinajstić information content (AvgIpc) is 2.36. The molecular formula is C13H19ClN2O. The topological polar surface area (TPSA) is 46.3 Å². The summed E-state index contributed by atoms with van der Waals surface area (Å²) in [5.74, 6) is -0.0186. The van der Waals surface area contributed by atoms with Gasteiger partial charge in [-0.05, 0) is 25.0 Å². The standard InChI is InChI=1S/C13H19ClN2O/c1-3-12(15)13(17)16(4-2)9-10-7-5-6-8-11(10)14/h5-8,12H,3-4,9,15H2,1-2H3/t12-/m0/s1. The fraction of sp³-hybridized carbons (Fsp3) is 0.462. The Morgan fingerprint density at radius 3 is 2.59 bits per heavy atom. The number of amides is 1. The van der Waals surface area contributed by atoms with Gasteiger partial charge in [0.1, 0.15) is 0 Å². The third-order valence-electron chi connectivity index (χ3n) is 2.77. The van der Waals surface area contributed by atoms with Crippen molar-refractivity contribution >= 4 is 17.5 Å². The smallest absolute Gasteiger partial charge is 0.239 e. The van der Waals surface area contributed by atoms with Crippen LogP contribution in [0.3, 0.4) is 0 Å². The molecule has 0 aliphatic carbocycles. The van der Waals surface area contributed by atoms with E-state index in [-0.39, 0.29) is 5.91 Å². The third kappa shape index (κ3) is 3.72. The van der Waals surface area contributed by atoms with Crippen LogP contribution in [0.25, 0.3) is 0 Å². The van der Waals surface area contributed by atoms with Gasteiger partial charge in [-0.2, -0.15) is 0 Å². The number of halogens is 1. The van der Waals surface area contributed by atoms with Crippen molar-refractivity contribution in [1.82, 2.24) is 4.90 Å². The highest BCUT2D eigenvalue weighted by atomic mass is 35.5. The van der Waals surface area contributed by atoms with Crippen molar-refractivity contribution in [2.45, 2.75) is 32.9 Å². The Morgan fingerprint density at radius 1 is 1.41 bits per heavy atom.